The number of hydrogen-bond acceptors (Lipinski definition) is 9. The smallest absolute Gasteiger partial charge is 0.438 e. The zero-order valence-electron chi connectivity index (χ0n) is 17.6. The average Bonchev–Trinajstić information content (AvgIpc) is 3.02. The molecule has 1 heterocycles. The minimum atomic E-state index is -3.51. The molecule has 0 fully saturated rings. The number of carbonyl (C=O) groups excluding carboxylic acids is 2. The van der Waals surface area contributed by atoms with Gasteiger partial charge in [0, 0.05) is 32.9 Å². The molecule has 164 valence electrons. The van der Waals surface area contributed by atoms with Crippen LogP contribution < -0.4 is 4.74 Å². The Morgan fingerprint density at radius 2 is 1.87 bits per heavy atom. The molecule has 0 radical (unpaired) electrons. The minimum Gasteiger partial charge on any atom is -0.438 e. The molecule has 0 saturated heterocycles. The Labute approximate surface area is 174 Å². The predicted octanol–water partition coefficient (Wildman–Crippen LogP) is 2.02. The highest BCUT2D eigenvalue weighted by atomic mass is 32.2. The number of ether oxygens (including phenoxy) is 4. The summed E-state index contributed by atoms with van der Waals surface area (Å²) in [6.45, 7) is 3.13. The van der Waals surface area contributed by atoms with E-state index in [9.17, 15) is 18.0 Å². The van der Waals surface area contributed by atoms with E-state index in [4.69, 9.17) is 14.2 Å². The largest absolute Gasteiger partial charge is 0.511 e. The molecule has 10 nitrogen and oxygen atoms in total. The fourth-order valence-corrected chi connectivity index (χ4v) is 3.86. The first kappa shape index (κ1) is 23.4. The molecule has 0 aliphatic carbocycles. The Kier molecular flexibility index (Phi) is 7.21. The summed E-state index contributed by atoms with van der Waals surface area (Å²) < 4.78 is 45.5. The second-order valence-electron chi connectivity index (χ2n) is 6.49. The molecule has 2 rings (SSSR count). The molecule has 0 N–H and O–H groups in total. The van der Waals surface area contributed by atoms with Crippen LogP contribution in [0.4, 0.5) is 4.79 Å². The van der Waals surface area contributed by atoms with Gasteiger partial charge in [0.2, 0.25) is 12.2 Å². The number of aryl methyl sites for hydroxylation is 1. The fraction of sp³-hybridized carbons (Fsp3) is 0.421. The van der Waals surface area contributed by atoms with Gasteiger partial charge in [0.15, 0.2) is 15.6 Å². The van der Waals surface area contributed by atoms with Crippen LogP contribution in [0.2, 0.25) is 0 Å². The van der Waals surface area contributed by atoms with Gasteiger partial charge in [0.1, 0.15) is 5.56 Å². The van der Waals surface area contributed by atoms with Crippen molar-refractivity contribution in [1.82, 2.24) is 9.78 Å². The van der Waals surface area contributed by atoms with Gasteiger partial charge in [0.05, 0.1) is 24.8 Å². The average molecular weight is 440 g/mol. The van der Waals surface area contributed by atoms with Gasteiger partial charge in [-0.25, -0.2) is 17.9 Å². The fourth-order valence-electron chi connectivity index (χ4n) is 2.88. The van der Waals surface area contributed by atoms with Crippen LogP contribution in [-0.2, 0) is 37.7 Å². The van der Waals surface area contributed by atoms with E-state index < -0.39 is 28.1 Å². The van der Waals surface area contributed by atoms with Crippen LogP contribution in [0.5, 0.6) is 5.88 Å². The molecular weight excluding hydrogens is 416 g/mol. The molecule has 0 aliphatic rings. The summed E-state index contributed by atoms with van der Waals surface area (Å²) in [5.74, 6) is -0.352. The number of hydrogen-bond donors (Lipinski definition) is 0. The lowest BCUT2D eigenvalue weighted by molar-refractivity contribution is -0.0510. The molecule has 11 heteroatoms. The maximum absolute atomic E-state index is 13.2. The third-order valence-corrected chi connectivity index (χ3v) is 5.51. The van der Waals surface area contributed by atoms with E-state index in [0.717, 1.165) is 13.4 Å². The van der Waals surface area contributed by atoms with Gasteiger partial charge in [-0.2, -0.15) is 5.10 Å². The van der Waals surface area contributed by atoms with Crippen molar-refractivity contribution in [2.75, 3.05) is 20.5 Å². The number of benzene rings is 1. The van der Waals surface area contributed by atoms with E-state index in [1.807, 2.05) is 0 Å². The van der Waals surface area contributed by atoms with Gasteiger partial charge < -0.3 is 18.9 Å². The van der Waals surface area contributed by atoms with E-state index >= 15 is 0 Å². The van der Waals surface area contributed by atoms with Crippen LogP contribution in [0.15, 0.2) is 23.2 Å². The number of ketones is 1. The van der Waals surface area contributed by atoms with Gasteiger partial charge in [-0.1, -0.05) is 0 Å². The van der Waals surface area contributed by atoms with Crippen LogP contribution >= 0.6 is 0 Å². The van der Waals surface area contributed by atoms with Gasteiger partial charge in [0.25, 0.3) is 0 Å². The first-order valence-corrected chi connectivity index (χ1v) is 10.7. The van der Waals surface area contributed by atoms with E-state index in [1.54, 1.807) is 14.0 Å². The zero-order chi connectivity index (χ0) is 22.6. The second-order valence-corrected chi connectivity index (χ2v) is 8.48. The lowest BCUT2D eigenvalue weighted by Gasteiger charge is -2.17. The van der Waals surface area contributed by atoms with E-state index in [1.165, 1.54) is 37.0 Å². The summed E-state index contributed by atoms with van der Waals surface area (Å²) in [4.78, 5) is 24.6. The number of aromatic nitrogens is 2. The molecule has 1 aromatic heterocycles. The van der Waals surface area contributed by atoms with Crippen LogP contribution in [0.3, 0.4) is 0 Å². The highest BCUT2D eigenvalue weighted by Crippen LogP contribution is 2.28. The molecule has 0 amide bonds. The maximum Gasteiger partial charge on any atom is 0.511 e. The lowest BCUT2D eigenvalue weighted by Crippen LogP contribution is -2.23. The maximum atomic E-state index is 13.2. The van der Waals surface area contributed by atoms with Crippen molar-refractivity contribution in [3.63, 3.8) is 0 Å². The van der Waals surface area contributed by atoms with Crippen molar-refractivity contribution >= 4 is 21.8 Å². The molecular formula is C19H24N2O8S. The Hall–Kier alpha value is -2.92. The topological polar surface area (TPSA) is 123 Å². The van der Waals surface area contributed by atoms with Gasteiger partial charge in [-0.05, 0) is 30.2 Å². The van der Waals surface area contributed by atoms with Crippen molar-refractivity contribution in [1.29, 1.82) is 0 Å². The van der Waals surface area contributed by atoms with Crippen LogP contribution in [0.1, 0.15) is 34.0 Å². The van der Waals surface area contributed by atoms with Crippen molar-refractivity contribution in [2.24, 2.45) is 7.05 Å². The number of sulfone groups is 1. The molecule has 30 heavy (non-hydrogen) atoms. The minimum absolute atomic E-state index is 0.0236. The number of nitrogens with zero attached hydrogens (tertiary/aromatic N) is 2. The summed E-state index contributed by atoms with van der Waals surface area (Å²) >= 11 is 0. The molecule has 1 atom stereocenters. The molecule has 1 unspecified atom stereocenters. The van der Waals surface area contributed by atoms with E-state index in [-0.39, 0.29) is 28.5 Å². The van der Waals surface area contributed by atoms with Crippen molar-refractivity contribution in [2.45, 2.75) is 31.6 Å². The highest BCUT2D eigenvalue weighted by molar-refractivity contribution is 7.90. The molecule has 2 aromatic rings. The number of methoxy groups -OCH3 is 2. The second kappa shape index (κ2) is 9.26. The van der Waals surface area contributed by atoms with Gasteiger partial charge in [-0.15, -0.1) is 0 Å². The normalized spacial score (nSPS) is 12.3. The standard InChI is InChI=1S/C19H24N2O8S/c1-11-13(7-8-16(30(6,24)25)15(11)10-26-4)17(22)14-9-20-21(3)18(14)28-12(2)29-19(23)27-5/h7-9,12H,10H2,1-6H3. The molecule has 0 bridgehead atoms. The first-order chi connectivity index (χ1) is 14.0. The summed E-state index contributed by atoms with van der Waals surface area (Å²) in [5.41, 5.74) is 1.27. The lowest BCUT2D eigenvalue weighted by atomic mass is 9.97. The zero-order valence-corrected chi connectivity index (χ0v) is 18.4. The molecule has 1 aromatic carbocycles. The predicted molar refractivity (Wildman–Crippen MR) is 105 cm³/mol. The number of carbonyl (C=O) groups is 2. The molecule has 0 saturated carbocycles. The highest BCUT2D eigenvalue weighted by Gasteiger charge is 2.26. The Balaban J connectivity index is 2.47. The summed E-state index contributed by atoms with van der Waals surface area (Å²) in [5, 5.41) is 4.04. The quantitative estimate of drug-likeness (QED) is 0.344. The van der Waals surface area contributed by atoms with E-state index in [2.05, 4.69) is 9.84 Å². The Morgan fingerprint density at radius 1 is 1.20 bits per heavy atom. The van der Waals surface area contributed by atoms with Gasteiger partial charge >= 0.3 is 6.16 Å². The molecule has 0 spiro atoms. The van der Waals surface area contributed by atoms with E-state index in [0.29, 0.717) is 11.1 Å². The van der Waals surface area contributed by atoms with Crippen LogP contribution in [0, 0.1) is 6.92 Å². The van der Waals surface area contributed by atoms with Crippen molar-refractivity contribution in [3.8, 4) is 5.88 Å². The summed E-state index contributed by atoms with van der Waals surface area (Å²) in [7, 11) is 0.652. The SMILES string of the molecule is COCc1c(S(C)(=O)=O)ccc(C(=O)c2cnn(C)c2OC(C)OC(=O)OC)c1C. The Morgan fingerprint density at radius 3 is 2.43 bits per heavy atom. The third kappa shape index (κ3) is 4.97. The van der Waals surface area contributed by atoms with Gasteiger partial charge in [-0.3, -0.25) is 4.79 Å². The van der Waals surface area contributed by atoms with Crippen molar-refractivity contribution in [3.05, 3.63) is 40.6 Å². The van der Waals surface area contributed by atoms with Crippen LogP contribution in [-0.4, -0.2) is 56.9 Å². The van der Waals surface area contributed by atoms with Crippen molar-refractivity contribution < 1.29 is 37.0 Å². The molecule has 0 aliphatic heterocycles. The summed E-state index contributed by atoms with van der Waals surface area (Å²) in [6.07, 6.45) is 0.437. The monoisotopic (exact) mass is 440 g/mol. The van der Waals surface area contributed by atoms with Crippen LogP contribution in [0.25, 0.3) is 0 Å². The third-order valence-electron chi connectivity index (χ3n) is 4.32. The Bertz CT molecular complexity index is 1060. The summed E-state index contributed by atoms with van der Waals surface area (Å²) in [6, 6.07) is 2.82. The number of rotatable bonds is 8. The first-order valence-electron chi connectivity index (χ1n) is 8.80.